The van der Waals surface area contributed by atoms with Gasteiger partial charge in [-0.05, 0) is 25.6 Å². The molecule has 0 spiro atoms. The summed E-state index contributed by atoms with van der Waals surface area (Å²) < 4.78 is 21.7. The third-order valence-electron chi connectivity index (χ3n) is 3.50. The first-order valence-corrected chi connectivity index (χ1v) is 11.7. The monoisotopic (exact) mass is 294 g/mol. The predicted molar refractivity (Wildman–Crippen MR) is 79.4 cm³/mol. The van der Waals surface area contributed by atoms with Gasteiger partial charge in [0, 0.05) is 34.5 Å². The molecule has 0 unspecified atom stereocenters. The van der Waals surface area contributed by atoms with Gasteiger partial charge < -0.3 is 17.7 Å². The van der Waals surface area contributed by atoms with E-state index in [1.54, 1.807) is 21.3 Å². The molecule has 4 nitrogen and oxygen atoms in total. The van der Waals surface area contributed by atoms with E-state index in [1.807, 2.05) is 7.11 Å². The topological polar surface area (TPSA) is 36.9 Å². The molecule has 0 aliphatic rings. The van der Waals surface area contributed by atoms with Crippen LogP contribution in [-0.4, -0.2) is 45.6 Å². The first-order chi connectivity index (χ1) is 8.45. The summed E-state index contributed by atoms with van der Waals surface area (Å²) in [5.74, 6) is 0. The van der Waals surface area contributed by atoms with Gasteiger partial charge in [-0.2, -0.15) is 0 Å². The number of rotatable bonds is 11. The van der Waals surface area contributed by atoms with Gasteiger partial charge in [0.2, 0.25) is 0 Å². The minimum atomic E-state index is -2.34. The van der Waals surface area contributed by atoms with Crippen molar-refractivity contribution in [3.05, 3.63) is 0 Å². The standard InChI is InChI=1S/C12H30O4Si2/c1-13-17(5,6)11-9-7-8-10-12-18(14-2,15-3)16-4/h7-12H2,1-6H3. The average molecular weight is 295 g/mol. The Bertz CT molecular complexity index is 200. The van der Waals surface area contributed by atoms with Gasteiger partial charge in [-0.15, -0.1) is 0 Å². The van der Waals surface area contributed by atoms with Crippen LogP contribution in [0.15, 0.2) is 0 Å². The molecule has 18 heavy (non-hydrogen) atoms. The largest absolute Gasteiger partial charge is 0.500 e. The van der Waals surface area contributed by atoms with Crippen molar-refractivity contribution in [2.75, 3.05) is 28.4 Å². The molecule has 0 rings (SSSR count). The second-order valence-electron chi connectivity index (χ2n) is 5.17. The molecule has 0 saturated carbocycles. The Morgan fingerprint density at radius 1 is 0.611 bits per heavy atom. The summed E-state index contributed by atoms with van der Waals surface area (Å²) in [5, 5.41) is 0. The highest BCUT2D eigenvalue weighted by Gasteiger charge is 2.36. The van der Waals surface area contributed by atoms with Crippen molar-refractivity contribution in [2.24, 2.45) is 0 Å². The quantitative estimate of drug-likeness (QED) is 0.433. The lowest BCUT2D eigenvalue weighted by atomic mass is 10.2. The molecular weight excluding hydrogens is 264 g/mol. The highest BCUT2D eigenvalue weighted by atomic mass is 28.4. The highest BCUT2D eigenvalue weighted by molar-refractivity contribution is 6.71. The maximum Gasteiger partial charge on any atom is 0.500 e. The molecule has 0 aliphatic carbocycles. The van der Waals surface area contributed by atoms with Crippen LogP contribution in [0.2, 0.25) is 25.2 Å². The Labute approximate surface area is 114 Å². The molecule has 0 N–H and O–H groups in total. The van der Waals surface area contributed by atoms with Gasteiger partial charge in [-0.3, -0.25) is 0 Å². The third-order valence-corrected chi connectivity index (χ3v) is 8.99. The Balaban J connectivity index is 3.68. The fourth-order valence-corrected chi connectivity index (χ4v) is 5.00. The molecule has 0 saturated heterocycles. The van der Waals surface area contributed by atoms with Gasteiger partial charge in [0.15, 0.2) is 8.32 Å². The molecule has 0 radical (unpaired) electrons. The second-order valence-corrected chi connectivity index (χ2v) is 12.7. The normalized spacial score (nSPS) is 13.0. The lowest BCUT2D eigenvalue weighted by Crippen LogP contribution is -2.42. The Morgan fingerprint density at radius 2 is 1.06 bits per heavy atom. The summed E-state index contributed by atoms with van der Waals surface area (Å²) in [5.41, 5.74) is 0. The molecule has 0 heterocycles. The Kier molecular flexibility index (Phi) is 9.36. The molecule has 0 aromatic carbocycles. The van der Waals surface area contributed by atoms with Gasteiger partial charge >= 0.3 is 8.80 Å². The van der Waals surface area contributed by atoms with Crippen molar-refractivity contribution in [1.29, 1.82) is 0 Å². The maximum absolute atomic E-state index is 5.54. The molecule has 0 atom stereocenters. The van der Waals surface area contributed by atoms with Crippen molar-refractivity contribution >= 4 is 17.1 Å². The van der Waals surface area contributed by atoms with Gasteiger partial charge in [-0.25, -0.2) is 0 Å². The molecule has 0 fully saturated rings. The SMILES string of the molecule is CO[Si](C)(C)CCCCCC[Si](OC)(OC)OC. The van der Waals surface area contributed by atoms with Crippen LogP contribution >= 0.6 is 0 Å². The van der Waals surface area contributed by atoms with Crippen LogP contribution in [0.3, 0.4) is 0 Å². The van der Waals surface area contributed by atoms with Crippen molar-refractivity contribution in [2.45, 2.75) is 50.9 Å². The fraction of sp³-hybridized carbons (Fsp3) is 1.00. The zero-order valence-electron chi connectivity index (χ0n) is 12.9. The van der Waals surface area contributed by atoms with Crippen molar-refractivity contribution < 1.29 is 17.7 Å². The second kappa shape index (κ2) is 9.22. The Hall–Kier alpha value is 0.274. The summed E-state index contributed by atoms with van der Waals surface area (Å²) in [6, 6.07) is 2.15. The van der Waals surface area contributed by atoms with Crippen molar-refractivity contribution in [1.82, 2.24) is 0 Å². The summed E-state index contributed by atoms with van der Waals surface area (Å²) in [6.07, 6.45) is 4.83. The molecule has 0 aliphatic heterocycles. The van der Waals surface area contributed by atoms with E-state index in [9.17, 15) is 0 Å². The van der Waals surface area contributed by atoms with E-state index in [-0.39, 0.29) is 0 Å². The number of unbranched alkanes of at least 4 members (excludes halogenated alkanes) is 3. The zero-order valence-corrected chi connectivity index (χ0v) is 14.9. The van der Waals surface area contributed by atoms with E-state index >= 15 is 0 Å². The van der Waals surface area contributed by atoms with Gasteiger partial charge in [-0.1, -0.05) is 19.3 Å². The lowest BCUT2D eigenvalue weighted by Gasteiger charge is -2.24. The van der Waals surface area contributed by atoms with Crippen LogP contribution in [0.5, 0.6) is 0 Å². The highest BCUT2D eigenvalue weighted by Crippen LogP contribution is 2.20. The molecule has 0 amide bonds. The molecule has 110 valence electrons. The smallest absolute Gasteiger partial charge is 0.420 e. The Morgan fingerprint density at radius 3 is 1.44 bits per heavy atom. The average Bonchev–Trinajstić information content (AvgIpc) is 2.39. The molecule has 0 bridgehead atoms. The van der Waals surface area contributed by atoms with E-state index in [1.165, 1.54) is 25.3 Å². The van der Waals surface area contributed by atoms with E-state index in [0.29, 0.717) is 0 Å². The van der Waals surface area contributed by atoms with Crippen LogP contribution in [0.25, 0.3) is 0 Å². The van der Waals surface area contributed by atoms with Crippen LogP contribution in [0.1, 0.15) is 25.7 Å². The number of hydrogen-bond acceptors (Lipinski definition) is 4. The van der Waals surface area contributed by atoms with Crippen LogP contribution in [0.4, 0.5) is 0 Å². The van der Waals surface area contributed by atoms with Crippen molar-refractivity contribution in [3.8, 4) is 0 Å². The van der Waals surface area contributed by atoms with Crippen LogP contribution in [-0.2, 0) is 17.7 Å². The van der Waals surface area contributed by atoms with E-state index < -0.39 is 17.1 Å². The minimum Gasteiger partial charge on any atom is -0.420 e. The molecule has 6 heteroatoms. The fourth-order valence-electron chi connectivity index (χ4n) is 1.90. The third kappa shape index (κ3) is 7.01. The summed E-state index contributed by atoms with van der Waals surface area (Å²) in [4.78, 5) is 0. The first kappa shape index (κ1) is 18.3. The summed E-state index contributed by atoms with van der Waals surface area (Å²) in [7, 11) is 3.16. The van der Waals surface area contributed by atoms with Crippen LogP contribution < -0.4 is 0 Å². The molecule has 0 aromatic heterocycles. The predicted octanol–water partition coefficient (Wildman–Crippen LogP) is 3.28. The zero-order chi connectivity index (χ0) is 14.1. The van der Waals surface area contributed by atoms with Gasteiger partial charge in [0.05, 0.1) is 0 Å². The lowest BCUT2D eigenvalue weighted by molar-refractivity contribution is 0.122. The number of hydrogen-bond donors (Lipinski definition) is 0. The van der Waals surface area contributed by atoms with Crippen LogP contribution in [0, 0.1) is 0 Å². The van der Waals surface area contributed by atoms with Gasteiger partial charge in [0.25, 0.3) is 0 Å². The van der Waals surface area contributed by atoms with E-state index in [0.717, 1.165) is 12.5 Å². The summed E-state index contributed by atoms with van der Waals surface area (Å²) >= 11 is 0. The minimum absolute atomic E-state index is 0.904. The first-order valence-electron chi connectivity index (χ1n) is 6.66. The van der Waals surface area contributed by atoms with Gasteiger partial charge in [0.1, 0.15) is 0 Å². The molecular formula is C12H30O4Si2. The summed E-state index contributed by atoms with van der Waals surface area (Å²) in [6.45, 7) is 4.54. The van der Waals surface area contributed by atoms with Crippen molar-refractivity contribution in [3.63, 3.8) is 0 Å². The van der Waals surface area contributed by atoms with E-state index in [2.05, 4.69) is 13.1 Å². The maximum atomic E-state index is 5.54. The van der Waals surface area contributed by atoms with E-state index in [4.69, 9.17) is 17.7 Å². The molecule has 0 aromatic rings.